The molecule has 31 heavy (non-hydrogen) atoms. The molecule has 1 atom stereocenters. The number of carbonyl (C=O) groups is 2. The van der Waals surface area contributed by atoms with Gasteiger partial charge in [-0.1, -0.05) is 13.8 Å². The molecule has 1 aromatic carbocycles. The predicted octanol–water partition coefficient (Wildman–Crippen LogP) is 2.06. The summed E-state index contributed by atoms with van der Waals surface area (Å²) in [5.41, 5.74) is 0. The summed E-state index contributed by atoms with van der Waals surface area (Å²) in [5, 5.41) is 5.62. The molecule has 3 N–H and O–H groups in total. The molecule has 1 aliphatic rings. The van der Waals surface area contributed by atoms with Crippen LogP contribution in [0.3, 0.4) is 0 Å². The van der Waals surface area contributed by atoms with Gasteiger partial charge in [-0.05, 0) is 68.7 Å². The second-order valence-electron chi connectivity index (χ2n) is 8.61. The maximum Gasteiger partial charge on any atom is 0.242 e. The molecule has 1 aliphatic carbocycles. The zero-order chi connectivity index (χ0) is 23.0. The fourth-order valence-corrected chi connectivity index (χ4v) is 4.67. The number of hydrogen-bond donors (Lipinski definition) is 3. The van der Waals surface area contributed by atoms with Gasteiger partial charge in [-0.2, -0.15) is 0 Å². The van der Waals surface area contributed by atoms with E-state index in [2.05, 4.69) is 15.4 Å². The van der Waals surface area contributed by atoms with Gasteiger partial charge in [-0.15, -0.1) is 0 Å². The first-order chi connectivity index (χ1) is 14.6. The quantitative estimate of drug-likeness (QED) is 0.502. The highest BCUT2D eigenvalue weighted by Gasteiger charge is 2.29. The first-order valence-electron chi connectivity index (χ1n) is 10.8. The van der Waals surface area contributed by atoms with E-state index in [-0.39, 0.29) is 28.5 Å². The lowest BCUT2D eigenvalue weighted by atomic mass is 9.81. The number of amides is 2. The van der Waals surface area contributed by atoms with Gasteiger partial charge in [0, 0.05) is 19.0 Å². The molecule has 0 spiro atoms. The zero-order valence-electron chi connectivity index (χ0n) is 18.8. The summed E-state index contributed by atoms with van der Waals surface area (Å²) < 4.78 is 32.7. The molecule has 0 radical (unpaired) electrons. The molecule has 1 aromatic rings. The third kappa shape index (κ3) is 7.81. The lowest BCUT2D eigenvalue weighted by molar-refractivity contribution is -0.131. The molecule has 174 valence electrons. The summed E-state index contributed by atoms with van der Waals surface area (Å²) in [5.74, 6) is 0.707. The van der Waals surface area contributed by atoms with Crippen molar-refractivity contribution in [1.82, 2.24) is 15.4 Å². The smallest absolute Gasteiger partial charge is 0.242 e. The molecule has 0 aromatic heterocycles. The van der Waals surface area contributed by atoms with Crippen LogP contribution in [0.5, 0.6) is 5.75 Å². The molecular formula is C22H35N3O5S. The summed E-state index contributed by atoms with van der Waals surface area (Å²) in [6, 6.07) is 5.69. The molecule has 8 nitrogen and oxygen atoms in total. The Morgan fingerprint density at radius 3 is 2.23 bits per heavy atom. The van der Waals surface area contributed by atoms with Crippen LogP contribution < -0.4 is 20.1 Å². The van der Waals surface area contributed by atoms with Crippen LogP contribution in [0.25, 0.3) is 0 Å². The maximum absolute atomic E-state index is 12.5. The van der Waals surface area contributed by atoms with E-state index in [4.69, 9.17) is 4.74 Å². The highest BCUT2D eigenvalue weighted by molar-refractivity contribution is 7.89. The first kappa shape index (κ1) is 25.1. The average molecular weight is 454 g/mol. The molecule has 9 heteroatoms. The molecular weight excluding hydrogens is 418 g/mol. The summed E-state index contributed by atoms with van der Waals surface area (Å²) in [6.45, 7) is 6.64. The molecule has 0 saturated heterocycles. The van der Waals surface area contributed by atoms with Crippen molar-refractivity contribution in [2.75, 3.05) is 20.2 Å². The van der Waals surface area contributed by atoms with Crippen LogP contribution in [0.15, 0.2) is 29.2 Å². The second kappa shape index (κ2) is 11.5. The van der Waals surface area contributed by atoms with Gasteiger partial charge in [0.25, 0.3) is 0 Å². The van der Waals surface area contributed by atoms with E-state index >= 15 is 0 Å². The van der Waals surface area contributed by atoms with Crippen LogP contribution in [0.4, 0.5) is 0 Å². The van der Waals surface area contributed by atoms with E-state index in [0.717, 1.165) is 12.8 Å². The van der Waals surface area contributed by atoms with Gasteiger partial charge in [0.15, 0.2) is 0 Å². The molecule has 0 unspecified atom stereocenters. The number of carbonyl (C=O) groups excluding carboxylic acids is 2. The van der Waals surface area contributed by atoms with E-state index in [9.17, 15) is 18.0 Å². The van der Waals surface area contributed by atoms with Crippen molar-refractivity contribution in [2.45, 2.75) is 57.4 Å². The summed E-state index contributed by atoms with van der Waals surface area (Å²) in [6.07, 6.45) is 2.89. The number of rotatable bonds is 10. The minimum atomic E-state index is -3.58. The first-order valence-corrected chi connectivity index (χ1v) is 12.3. The van der Waals surface area contributed by atoms with Crippen molar-refractivity contribution in [2.24, 2.45) is 17.8 Å². The Morgan fingerprint density at radius 1 is 1.06 bits per heavy atom. The van der Waals surface area contributed by atoms with E-state index in [1.807, 2.05) is 13.8 Å². The van der Waals surface area contributed by atoms with Crippen LogP contribution in [0.1, 0.15) is 46.5 Å². The molecule has 1 saturated carbocycles. The van der Waals surface area contributed by atoms with Gasteiger partial charge < -0.3 is 15.4 Å². The maximum atomic E-state index is 12.5. The van der Waals surface area contributed by atoms with Crippen molar-refractivity contribution in [3.8, 4) is 5.75 Å². The molecule has 0 bridgehead atoms. The Bertz CT molecular complexity index is 831. The number of benzene rings is 1. The molecule has 2 amide bonds. The summed E-state index contributed by atoms with van der Waals surface area (Å²) >= 11 is 0. The number of hydrogen-bond acceptors (Lipinski definition) is 5. The van der Waals surface area contributed by atoms with Crippen LogP contribution in [-0.2, 0) is 19.6 Å². The van der Waals surface area contributed by atoms with Gasteiger partial charge in [0.2, 0.25) is 21.8 Å². The van der Waals surface area contributed by atoms with E-state index in [0.29, 0.717) is 37.6 Å². The predicted molar refractivity (Wildman–Crippen MR) is 119 cm³/mol. The molecule has 2 rings (SSSR count). The lowest BCUT2D eigenvalue weighted by Crippen LogP contribution is -2.48. The molecule has 0 heterocycles. The number of nitrogens with one attached hydrogen (secondary N) is 3. The zero-order valence-corrected chi connectivity index (χ0v) is 19.6. The third-order valence-electron chi connectivity index (χ3n) is 5.59. The van der Waals surface area contributed by atoms with Crippen molar-refractivity contribution in [3.05, 3.63) is 24.3 Å². The van der Waals surface area contributed by atoms with Gasteiger partial charge in [-0.3, -0.25) is 9.59 Å². The second-order valence-corrected chi connectivity index (χ2v) is 10.4. The largest absolute Gasteiger partial charge is 0.497 e. The molecule has 1 fully saturated rings. The normalized spacial score (nSPS) is 20.2. The Morgan fingerprint density at radius 2 is 1.68 bits per heavy atom. The third-order valence-corrected chi connectivity index (χ3v) is 7.03. The van der Waals surface area contributed by atoms with Gasteiger partial charge in [0.05, 0.1) is 12.0 Å². The van der Waals surface area contributed by atoms with E-state index in [1.165, 1.54) is 19.2 Å². The van der Waals surface area contributed by atoms with Crippen molar-refractivity contribution < 1.29 is 22.7 Å². The van der Waals surface area contributed by atoms with Crippen LogP contribution >= 0.6 is 0 Å². The number of sulfonamides is 1. The fraction of sp³-hybridized carbons (Fsp3) is 0.636. The van der Waals surface area contributed by atoms with E-state index in [1.54, 1.807) is 19.1 Å². The number of ether oxygens (including phenoxy) is 1. The van der Waals surface area contributed by atoms with Crippen LogP contribution in [0, 0.1) is 17.8 Å². The van der Waals surface area contributed by atoms with Crippen LogP contribution in [0.2, 0.25) is 0 Å². The summed E-state index contributed by atoms with van der Waals surface area (Å²) in [4.78, 5) is 24.8. The van der Waals surface area contributed by atoms with E-state index < -0.39 is 16.1 Å². The topological polar surface area (TPSA) is 114 Å². The molecule has 0 aliphatic heterocycles. The lowest BCUT2D eigenvalue weighted by Gasteiger charge is -2.28. The van der Waals surface area contributed by atoms with Gasteiger partial charge >= 0.3 is 0 Å². The van der Waals surface area contributed by atoms with Crippen molar-refractivity contribution in [1.29, 1.82) is 0 Å². The SMILES string of the molecule is COc1ccc(S(=O)(=O)NCC2CCC(C(=O)N[C@@H](C)C(=O)NCC(C)C)CC2)cc1. The Hall–Kier alpha value is -2.13. The van der Waals surface area contributed by atoms with Gasteiger partial charge in [-0.25, -0.2) is 13.1 Å². The Kier molecular flexibility index (Phi) is 9.31. The average Bonchev–Trinajstić information content (AvgIpc) is 2.76. The standard InChI is InChI=1S/C22H35N3O5S/c1-15(2)13-23-21(26)16(3)25-22(27)18-7-5-17(6-8-18)14-24-31(28,29)20-11-9-19(30-4)10-12-20/h9-12,15-18,24H,5-8,13-14H2,1-4H3,(H,23,26)(H,25,27)/t16-,17?,18?/m0/s1. The minimum absolute atomic E-state index is 0.107. The van der Waals surface area contributed by atoms with Crippen LogP contribution in [-0.4, -0.2) is 46.5 Å². The number of methoxy groups -OCH3 is 1. The Balaban J connectivity index is 1.76. The van der Waals surface area contributed by atoms with Crippen molar-refractivity contribution in [3.63, 3.8) is 0 Å². The highest BCUT2D eigenvalue weighted by atomic mass is 32.2. The monoisotopic (exact) mass is 453 g/mol. The fourth-order valence-electron chi connectivity index (χ4n) is 3.55. The minimum Gasteiger partial charge on any atom is -0.497 e. The van der Waals surface area contributed by atoms with Crippen molar-refractivity contribution >= 4 is 21.8 Å². The highest BCUT2D eigenvalue weighted by Crippen LogP contribution is 2.29. The van der Waals surface area contributed by atoms with Gasteiger partial charge in [0.1, 0.15) is 11.8 Å². The summed E-state index contributed by atoms with van der Waals surface area (Å²) in [7, 11) is -2.05. The Labute approximate surface area is 185 Å².